The molecule has 0 heterocycles. The molecule has 0 aromatic carbocycles. The molecule has 19 heavy (non-hydrogen) atoms. The fraction of sp³-hybridized carbons (Fsp3) is 0.600. The zero-order valence-corrected chi connectivity index (χ0v) is 12.3. The Hall–Kier alpha value is -1.58. The molecule has 0 saturated heterocycles. The average Bonchev–Trinajstić information content (AvgIpc) is 2.35. The predicted molar refractivity (Wildman–Crippen MR) is 74.5 cm³/mol. The topological polar surface area (TPSA) is 52.6 Å². The van der Waals surface area contributed by atoms with E-state index >= 15 is 0 Å². The third kappa shape index (κ3) is 3.25. The van der Waals surface area contributed by atoms with Crippen molar-refractivity contribution in [2.24, 2.45) is 10.8 Å². The van der Waals surface area contributed by atoms with Gasteiger partial charge in [0.2, 0.25) is 0 Å². The van der Waals surface area contributed by atoms with Crippen LogP contribution in [-0.4, -0.2) is 25.2 Å². The van der Waals surface area contributed by atoms with Crippen LogP contribution < -0.4 is 0 Å². The highest BCUT2D eigenvalue weighted by Gasteiger charge is 2.57. The lowest BCUT2D eigenvalue weighted by molar-refractivity contribution is -0.179. The summed E-state index contributed by atoms with van der Waals surface area (Å²) in [6.45, 7) is 14.7. The van der Waals surface area contributed by atoms with E-state index in [4.69, 9.17) is 9.47 Å². The van der Waals surface area contributed by atoms with E-state index in [0.29, 0.717) is 0 Å². The molecule has 0 aliphatic heterocycles. The lowest BCUT2D eigenvalue weighted by Crippen LogP contribution is -2.51. The Kier molecular flexibility index (Phi) is 6.53. The second kappa shape index (κ2) is 7.12. The lowest BCUT2D eigenvalue weighted by atomic mass is 9.63. The minimum absolute atomic E-state index is 0.143. The van der Waals surface area contributed by atoms with Crippen LogP contribution in [0, 0.1) is 10.8 Å². The molecule has 0 rings (SSSR count). The van der Waals surface area contributed by atoms with Crippen molar-refractivity contribution in [1.82, 2.24) is 0 Å². The zero-order valence-electron chi connectivity index (χ0n) is 12.3. The number of hydrogen-bond acceptors (Lipinski definition) is 4. The van der Waals surface area contributed by atoms with Crippen molar-refractivity contribution in [3.05, 3.63) is 25.3 Å². The number of esters is 2. The molecule has 0 unspecified atom stereocenters. The Morgan fingerprint density at radius 1 is 1.05 bits per heavy atom. The van der Waals surface area contributed by atoms with Crippen molar-refractivity contribution in [3.63, 3.8) is 0 Å². The zero-order chi connectivity index (χ0) is 15.1. The largest absolute Gasteiger partial charge is 0.465 e. The molecule has 0 aromatic rings. The van der Waals surface area contributed by atoms with Gasteiger partial charge in [0, 0.05) is 5.41 Å². The van der Waals surface area contributed by atoms with Crippen LogP contribution in [0.25, 0.3) is 0 Å². The van der Waals surface area contributed by atoms with Gasteiger partial charge in [-0.25, -0.2) is 0 Å². The number of carbonyl (C=O) groups excluding carboxylic acids is 2. The fourth-order valence-electron chi connectivity index (χ4n) is 1.94. The SMILES string of the molecule is C=CCC(C(=O)OCC)(C(=O)OCC)C(C)(C)C=C. The average molecular weight is 268 g/mol. The second-order valence-electron chi connectivity index (χ2n) is 4.76. The molecule has 0 spiro atoms. The Morgan fingerprint density at radius 3 is 1.74 bits per heavy atom. The van der Waals surface area contributed by atoms with Gasteiger partial charge in [0.1, 0.15) is 0 Å². The molecule has 4 heteroatoms. The highest BCUT2D eigenvalue weighted by Crippen LogP contribution is 2.45. The molecule has 0 bridgehead atoms. The first-order valence-electron chi connectivity index (χ1n) is 6.43. The van der Waals surface area contributed by atoms with E-state index in [0.717, 1.165) is 0 Å². The van der Waals surface area contributed by atoms with E-state index in [2.05, 4.69) is 13.2 Å². The molecule has 0 atom stereocenters. The van der Waals surface area contributed by atoms with Gasteiger partial charge in [-0.2, -0.15) is 0 Å². The monoisotopic (exact) mass is 268 g/mol. The van der Waals surface area contributed by atoms with E-state index in [1.54, 1.807) is 33.8 Å². The van der Waals surface area contributed by atoms with Crippen molar-refractivity contribution in [2.75, 3.05) is 13.2 Å². The van der Waals surface area contributed by atoms with Crippen molar-refractivity contribution >= 4 is 11.9 Å². The van der Waals surface area contributed by atoms with Gasteiger partial charge in [0.05, 0.1) is 13.2 Å². The first-order chi connectivity index (χ1) is 8.83. The molecule has 0 saturated carbocycles. The third-order valence-electron chi connectivity index (χ3n) is 3.31. The molecule has 0 aromatic heterocycles. The maximum absolute atomic E-state index is 12.4. The van der Waals surface area contributed by atoms with Gasteiger partial charge in [-0.3, -0.25) is 9.59 Å². The molecule has 0 amide bonds. The summed E-state index contributed by atoms with van der Waals surface area (Å²) in [5, 5.41) is 0. The van der Waals surface area contributed by atoms with Crippen molar-refractivity contribution in [3.8, 4) is 0 Å². The number of ether oxygens (including phenoxy) is 2. The number of allylic oxidation sites excluding steroid dienone is 2. The number of carbonyl (C=O) groups is 2. The molecule has 0 aliphatic carbocycles. The molecular weight excluding hydrogens is 244 g/mol. The first kappa shape index (κ1) is 17.4. The maximum atomic E-state index is 12.4. The van der Waals surface area contributed by atoms with Crippen LogP contribution in [0.15, 0.2) is 25.3 Å². The summed E-state index contributed by atoms with van der Waals surface area (Å²) in [6.07, 6.45) is 3.24. The molecule has 0 N–H and O–H groups in total. The number of hydrogen-bond donors (Lipinski definition) is 0. The quantitative estimate of drug-likeness (QED) is 0.386. The van der Waals surface area contributed by atoms with Crippen molar-refractivity contribution in [1.29, 1.82) is 0 Å². The van der Waals surface area contributed by atoms with Gasteiger partial charge in [-0.05, 0) is 20.3 Å². The summed E-state index contributed by atoms with van der Waals surface area (Å²) in [6, 6.07) is 0. The van der Waals surface area contributed by atoms with Gasteiger partial charge >= 0.3 is 11.9 Å². The van der Waals surface area contributed by atoms with Crippen LogP contribution in [0.2, 0.25) is 0 Å². The van der Waals surface area contributed by atoms with Gasteiger partial charge in [0.15, 0.2) is 5.41 Å². The van der Waals surface area contributed by atoms with E-state index in [1.165, 1.54) is 6.08 Å². The standard InChI is InChI=1S/C15H24O4/c1-7-11-15(12(16)18-9-3,13(17)19-10-4)14(5,6)8-2/h7-8H,1-2,9-11H2,3-6H3. The molecule has 0 radical (unpaired) electrons. The molecule has 108 valence electrons. The van der Waals surface area contributed by atoms with E-state index in [-0.39, 0.29) is 19.6 Å². The van der Waals surface area contributed by atoms with Gasteiger partial charge in [0.25, 0.3) is 0 Å². The van der Waals surface area contributed by atoms with Gasteiger partial charge < -0.3 is 9.47 Å². The minimum Gasteiger partial charge on any atom is -0.465 e. The van der Waals surface area contributed by atoms with Gasteiger partial charge in [-0.15, -0.1) is 13.2 Å². The van der Waals surface area contributed by atoms with Crippen LogP contribution in [0.3, 0.4) is 0 Å². The van der Waals surface area contributed by atoms with Crippen LogP contribution in [-0.2, 0) is 19.1 Å². The van der Waals surface area contributed by atoms with Crippen molar-refractivity contribution in [2.45, 2.75) is 34.1 Å². The summed E-state index contributed by atoms with van der Waals surface area (Å²) in [4.78, 5) is 24.7. The summed E-state index contributed by atoms with van der Waals surface area (Å²) >= 11 is 0. The maximum Gasteiger partial charge on any atom is 0.324 e. The molecular formula is C15H24O4. The van der Waals surface area contributed by atoms with Crippen LogP contribution in [0.4, 0.5) is 0 Å². The Labute approximate surface area is 115 Å². The second-order valence-corrected chi connectivity index (χ2v) is 4.76. The lowest BCUT2D eigenvalue weighted by Gasteiger charge is -2.39. The molecule has 0 aliphatic rings. The van der Waals surface area contributed by atoms with E-state index < -0.39 is 22.8 Å². The van der Waals surface area contributed by atoms with Gasteiger partial charge in [-0.1, -0.05) is 26.0 Å². The minimum atomic E-state index is -1.44. The van der Waals surface area contributed by atoms with E-state index in [9.17, 15) is 9.59 Å². The van der Waals surface area contributed by atoms with Crippen LogP contribution >= 0.6 is 0 Å². The smallest absolute Gasteiger partial charge is 0.324 e. The summed E-state index contributed by atoms with van der Waals surface area (Å²) in [7, 11) is 0. The predicted octanol–water partition coefficient (Wildman–Crippen LogP) is 2.89. The van der Waals surface area contributed by atoms with Crippen molar-refractivity contribution < 1.29 is 19.1 Å². The summed E-state index contributed by atoms with van der Waals surface area (Å²) in [5.74, 6) is -1.20. The van der Waals surface area contributed by atoms with E-state index in [1.807, 2.05) is 0 Å². The highest BCUT2D eigenvalue weighted by atomic mass is 16.6. The Balaban J connectivity index is 5.87. The Bertz CT molecular complexity index is 337. The number of rotatable bonds is 8. The first-order valence-corrected chi connectivity index (χ1v) is 6.43. The normalized spacial score (nSPS) is 11.6. The molecule has 0 fully saturated rings. The third-order valence-corrected chi connectivity index (χ3v) is 3.31. The highest BCUT2D eigenvalue weighted by molar-refractivity contribution is 6.01. The fourth-order valence-corrected chi connectivity index (χ4v) is 1.94. The molecule has 4 nitrogen and oxygen atoms in total. The van der Waals surface area contributed by atoms with Crippen LogP contribution in [0.5, 0.6) is 0 Å². The summed E-state index contributed by atoms with van der Waals surface area (Å²) in [5.41, 5.74) is -2.25. The Morgan fingerprint density at radius 2 is 1.47 bits per heavy atom. The van der Waals surface area contributed by atoms with Crippen LogP contribution in [0.1, 0.15) is 34.1 Å². The summed E-state index contributed by atoms with van der Waals surface area (Å²) < 4.78 is 10.2.